The third-order valence-electron chi connectivity index (χ3n) is 6.35. The molecule has 0 aliphatic rings. The molecule has 0 saturated carbocycles. The molecule has 4 N–H and O–H groups in total. The van der Waals surface area contributed by atoms with Gasteiger partial charge < -0.3 is 11.5 Å². The van der Waals surface area contributed by atoms with E-state index in [-0.39, 0.29) is 0 Å². The van der Waals surface area contributed by atoms with Crippen molar-refractivity contribution >= 4 is 14.6 Å². The molecule has 0 heterocycles. The van der Waals surface area contributed by atoms with Crippen LogP contribution in [-0.4, -0.2) is 14.6 Å². The van der Waals surface area contributed by atoms with Crippen LogP contribution in [0, 0.1) is 0 Å². The minimum absolute atomic E-state index is 0.624. The van der Waals surface area contributed by atoms with E-state index in [1.165, 1.54) is 0 Å². The lowest BCUT2D eigenvalue weighted by Gasteiger charge is -2.32. The predicted molar refractivity (Wildman–Crippen MR) is 141 cm³/mol. The summed E-state index contributed by atoms with van der Waals surface area (Å²) < 4.78 is 0. The highest BCUT2D eigenvalue weighted by molar-refractivity contribution is 6.43. The second-order valence-corrected chi connectivity index (χ2v) is 8.54. The van der Waals surface area contributed by atoms with Gasteiger partial charge in [-0.05, 0) is 22.3 Å². The molecule has 4 aromatic rings. The molecule has 0 unspecified atom stereocenters. The summed E-state index contributed by atoms with van der Waals surface area (Å²) in [6, 6.07) is 41.3. The second-order valence-electron chi connectivity index (χ2n) is 8.54. The van der Waals surface area contributed by atoms with Crippen molar-refractivity contribution in [3.05, 3.63) is 144 Å². The van der Waals surface area contributed by atoms with E-state index in [2.05, 4.69) is 63.1 Å². The molecule has 0 aromatic heterocycles. The van der Waals surface area contributed by atoms with Crippen molar-refractivity contribution in [1.82, 2.24) is 0 Å². The van der Waals surface area contributed by atoms with Gasteiger partial charge in [0, 0.05) is 10.9 Å². The molecule has 4 heteroatoms. The lowest BCUT2D eigenvalue weighted by molar-refractivity contribution is 0.742. The van der Waals surface area contributed by atoms with E-state index in [1.54, 1.807) is 0 Å². The SMILES string of the molecule is NC([B]CCC[B]C(N)(c1ccccc1)c1ccccc1)(c1ccccc1)c1ccccc1. The fourth-order valence-corrected chi connectivity index (χ4v) is 4.44. The van der Waals surface area contributed by atoms with Crippen molar-refractivity contribution in [3.8, 4) is 0 Å². The normalized spacial score (nSPS) is 11.7. The highest BCUT2D eigenvalue weighted by atomic mass is 14.7. The van der Waals surface area contributed by atoms with Crippen LogP contribution in [0.3, 0.4) is 0 Å². The molecule has 0 aliphatic carbocycles. The summed E-state index contributed by atoms with van der Waals surface area (Å²) in [5.41, 5.74) is 17.1. The zero-order valence-electron chi connectivity index (χ0n) is 19.0. The number of hydrogen-bond donors (Lipinski definition) is 2. The van der Waals surface area contributed by atoms with Gasteiger partial charge in [-0.3, -0.25) is 0 Å². The molecule has 162 valence electrons. The van der Waals surface area contributed by atoms with Crippen molar-refractivity contribution in [3.63, 3.8) is 0 Å². The van der Waals surface area contributed by atoms with Crippen LogP contribution in [0.2, 0.25) is 12.6 Å². The Morgan fingerprint density at radius 3 is 0.909 bits per heavy atom. The first-order chi connectivity index (χ1) is 16.1. The summed E-state index contributed by atoms with van der Waals surface area (Å²) in [5, 5.41) is 0. The number of hydrogen-bond acceptors (Lipinski definition) is 2. The van der Waals surface area contributed by atoms with E-state index in [1.807, 2.05) is 72.8 Å². The number of nitrogens with two attached hydrogens (primary N) is 2. The summed E-state index contributed by atoms with van der Waals surface area (Å²) in [7, 11) is 4.49. The molecule has 0 fully saturated rings. The first kappa shape index (κ1) is 23.1. The fraction of sp³-hybridized carbons (Fsp3) is 0.172. The summed E-state index contributed by atoms with van der Waals surface area (Å²) in [6.07, 6.45) is 2.74. The lowest BCUT2D eigenvalue weighted by atomic mass is 9.47. The van der Waals surface area contributed by atoms with Crippen LogP contribution in [-0.2, 0) is 10.9 Å². The maximum Gasteiger partial charge on any atom is 0.149 e. The third-order valence-corrected chi connectivity index (χ3v) is 6.35. The highest BCUT2D eigenvalue weighted by Gasteiger charge is 2.31. The van der Waals surface area contributed by atoms with Crippen LogP contribution in [0.4, 0.5) is 0 Å². The van der Waals surface area contributed by atoms with E-state index in [9.17, 15) is 0 Å². The molecular weight excluding hydrogens is 398 g/mol. The van der Waals surface area contributed by atoms with Gasteiger partial charge in [-0.15, -0.1) is 0 Å². The van der Waals surface area contributed by atoms with Gasteiger partial charge in [-0.1, -0.05) is 140 Å². The number of rotatable bonds is 10. The average molecular weight is 428 g/mol. The van der Waals surface area contributed by atoms with E-state index in [0.717, 1.165) is 41.3 Å². The molecule has 4 aromatic carbocycles. The van der Waals surface area contributed by atoms with Crippen molar-refractivity contribution in [1.29, 1.82) is 0 Å². The largest absolute Gasteiger partial charge is 0.325 e. The standard InChI is InChI=1S/C29H30B2N2/c32-28(24-14-5-1-6-15-24,25-16-7-2-8-17-25)30-22-13-23-31-29(33,26-18-9-3-10-19-26)27-20-11-4-12-21-27/h1-12,14-21H,13,22-23,32-33H2. The molecule has 0 bridgehead atoms. The maximum absolute atomic E-state index is 7.00. The Labute approximate surface area is 199 Å². The highest BCUT2D eigenvalue weighted by Crippen LogP contribution is 2.29. The van der Waals surface area contributed by atoms with Crippen molar-refractivity contribution in [2.45, 2.75) is 29.9 Å². The molecular formula is C29H30B2N2. The van der Waals surface area contributed by atoms with Gasteiger partial charge in [0.15, 0.2) is 0 Å². The van der Waals surface area contributed by atoms with Gasteiger partial charge in [0.2, 0.25) is 0 Å². The summed E-state index contributed by atoms with van der Waals surface area (Å²) in [6.45, 7) is 0. The molecule has 0 saturated heterocycles. The smallest absolute Gasteiger partial charge is 0.149 e. The van der Waals surface area contributed by atoms with Crippen molar-refractivity contribution < 1.29 is 0 Å². The summed E-state index contributed by atoms with van der Waals surface area (Å²) in [5.74, 6) is 0. The zero-order valence-corrected chi connectivity index (χ0v) is 19.0. The van der Waals surface area contributed by atoms with Gasteiger partial charge in [-0.25, -0.2) is 0 Å². The van der Waals surface area contributed by atoms with Gasteiger partial charge in [-0.2, -0.15) is 0 Å². The summed E-state index contributed by atoms with van der Waals surface area (Å²) in [4.78, 5) is 0. The van der Waals surface area contributed by atoms with Crippen LogP contribution in [0.25, 0.3) is 0 Å². The van der Waals surface area contributed by atoms with Crippen molar-refractivity contribution in [2.75, 3.05) is 0 Å². The van der Waals surface area contributed by atoms with Crippen LogP contribution in [0.5, 0.6) is 0 Å². The Balaban J connectivity index is 1.45. The second kappa shape index (κ2) is 10.7. The van der Waals surface area contributed by atoms with Gasteiger partial charge in [0.1, 0.15) is 14.6 Å². The first-order valence-corrected chi connectivity index (χ1v) is 11.6. The Hall–Kier alpha value is -3.07. The predicted octanol–water partition coefficient (Wildman–Crippen LogP) is 5.34. The molecule has 0 aliphatic heterocycles. The fourth-order valence-electron chi connectivity index (χ4n) is 4.44. The molecule has 33 heavy (non-hydrogen) atoms. The Morgan fingerprint density at radius 2 is 0.667 bits per heavy atom. The zero-order chi connectivity index (χ0) is 23.0. The third kappa shape index (κ3) is 5.30. The van der Waals surface area contributed by atoms with Crippen LogP contribution in [0.1, 0.15) is 28.7 Å². The van der Waals surface area contributed by atoms with E-state index in [0.29, 0.717) is 0 Å². The topological polar surface area (TPSA) is 52.0 Å². The van der Waals surface area contributed by atoms with Crippen LogP contribution in [0.15, 0.2) is 121 Å². The summed E-state index contributed by atoms with van der Waals surface area (Å²) >= 11 is 0. The van der Waals surface area contributed by atoms with E-state index in [4.69, 9.17) is 11.5 Å². The quantitative estimate of drug-likeness (QED) is 0.265. The Bertz CT molecular complexity index is 933. The Morgan fingerprint density at radius 1 is 0.424 bits per heavy atom. The first-order valence-electron chi connectivity index (χ1n) is 11.6. The minimum atomic E-state index is -0.624. The van der Waals surface area contributed by atoms with Gasteiger partial charge in [0.25, 0.3) is 0 Å². The maximum atomic E-state index is 7.00. The minimum Gasteiger partial charge on any atom is -0.325 e. The monoisotopic (exact) mass is 428 g/mol. The van der Waals surface area contributed by atoms with Crippen LogP contribution >= 0.6 is 0 Å². The van der Waals surface area contributed by atoms with Crippen molar-refractivity contribution in [2.24, 2.45) is 11.5 Å². The van der Waals surface area contributed by atoms with E-state index < -0.39 is 10.9 Å². The molecule has 0 spiro atoms. The lowest BCUT2D eigenvalue weighted by Crippen LogP contribution is -2.45. The van der Waals surface area contributed by atoms with E-state index >= 15 is 0 Å². The Kier molecular flexibility index (Phi) is 7.49. The average Bonchev–Trinajstić information content (AvgIpc) is 2.90. The molecule has 0 amide bonds. The molecule has 4 rings (SSSR count). The number of benzene rings is 4. The van der Waals surface area contributed by atoms with Gasteiger partial charge >= 0.3 is 0 Å². The van der Waals surface area contributed by atoms with Gasteiger partial charge in [0.05, 0.1) is 0 Å². The van der Waals surface area contributed by atoms with Crippen LogP contribution < -0.4 is 11.5 Å². The molecule has 0 atom stereocenters. The molecule has 2 nitrogen and oxygen atoms in total. The molecule has 2 radical (unpaired) electrons.